The lowest BCUT2D eigenvalue weighted by molar-refractivity contribution is 0.120. The summed E-state index contributed by atoms with van der Waals surface area (Å²) in [4.78, 5) is 12.6. The van der Waals surface area contributed by atoms with Gasteiger partial charge in [0, 0.05) is 12.4 Å². The van der Waals surface area contributed by atoms with Gasteiger partial charge in [-0.2, -0.15) is 4.98 Å². The molecule has 6 nitrogen and oxygen atoms in total. The molecule has 1 N–H and O–H groups in total. The maximum Gasteiger partial charge on any atom is 0.240 e. The quantitative estimate of drug-likeness (QED) is 0.906. The zero-order valence-corrected chi connectivity index (χ0v) is 11.5. The van der Waals surface area contributed by atoms with Gasteiger partial charge in [-0.3, -0.25) is 0 Å². The van der Waals surface area contributed by atoms with Crippen LogP contribution in [0.4, 0.5) is 0 Å². The van der Waals surface area contributed by atoms with Crippen LogP contribution in [0.2, 0.25) is 0 Å². The monoisotopic (exact) mass is 262 g/mol. The molecule has 2 rings (SSSR count). The Hall–Kier alpha value is -1.82. The third kappa shape index (κ3) is 2.96. The average Bonchev–Trinajstić information content (AvgIpc) is 2.78. The fourth-order valence-electron chi connectivity index (χ4n) is 2.02. The Morgan fingerprint density at radius 1 is 1.11 bits per heavy atom. The van der Waals surface area contributed by atoms with Crippen molar-refractivity contribution in [1.82, 2.24) is 20.1 Å². The number of rotatable bonds is 4. The Balaban J connectivity index is 2.30. The van der Waals surface area contributed by atoms with Crippen molar-refractivity contribution >= 4 is 0 Å². The maximum atomic E-state index is 9.79. The van der Waals surface area contributed by atoms with Crippen molar-refractivity contribution in [2.75, 3.05) is 0 Å². The SMILES string of the molecule is Cc1cnc(-c2noc(C(C(C)C)C(C)O)n2)nc1. The molecule has 0 aliphatic carbocycles. The van der Waals surface area contributed by atoms with Crippen LogP contribution < -0.4 is 0 Å². The molecule has 0 amide bonds. The van der Waals surface area contributed by atoms with Gasteiger partial charge < -0.3 is 9.63 Å². The second kappa shape index (κ2) is 5.44. The number of aryl methyl sites for hydroxylation is 1. The number of aliphatic hydroxyl groups excluding tert-OH is 1. The van der Waals surface area contributed by atoms with Gasteiger partial charge in [-0.05, 0) is 25.3 Å². The van der Waals surface area contributed by atoms with Crippen LogP contribution in [0.1, 0.15) is 38.1 Å². The number of hydrogen-bond donors (Lipinski definition) is 1. The van der Waals surface area contributed by atoms with E-state index in [1.807, 2.05) is 20.8 Å². The predicted octanol–water partition coefficient (Wildman–Crippen LogP) is 1.96. The summed E-state index contributed by atoms with van der Waals surface area (Å²) < 4.78 is 5.23. The molecule has 2 atom stereocenters. The first kappa shape index (κ1) is 13.6. The summed E-state index contributed by atoms with van der Waals surface area (Å²) in [5, 5.41) is 13.7. The van der Waals surface area contributed by atoms with Crippen molar-refractivity contribution in [3.05, 3.63) is 23.8 Å². The van der Waals surface area contributed by atoms with Gasteiger partial charge in [0.05, 0.1) is 12.0 Å². The first-order valence-corrected chi connectivity index (χ1v) is 6.29. The van der Waals surface area contributed by atoms with Crippen molar-refractivity contribution in [3.8, 4) is 11.6 Å². The van der Waals surface area contributed by atoms with E-state index in [4.69, 9.17) is 4.52 Å². The van der Waals surface area contributed by atoms with Crippen molar-refractivity contribution in [2.24, 2.45) is 5.92 Å². The molecule has 19 heavy (non-hydrogen) atoms. The fraction of sp³-hybridized carbons (Fsp3) is 0.538. The summed E-state index contributed by atoms with van der Waals surface area (Å²) in [5.74, 6) is 1.21. The first-order chi connectivity index (χ1) is 8.99. The summed E-state index contributed by atoms with van der Waals surface area (Å²) >= 11 is 0. The molecule has 0 saturated heterocycles. The molecule has 0 aliphatic heterocycles. The van der Waals surface area contributed by atoms with E-state index < -0.39 is 6.10 Å². The topological polar surface area (TPSA) is 84.9 Å². The molecule has 0 aromatic carbocycles. The second-order valence-electron chi connectivity index (χ2n) is 5.05. The van der Waals surface area contributed by atoms with E-state index in [9.17, 15) is 5.11 Å². The third-order valence-electron chi connectivity index (χ3n) is 2.95. The van der Waals surface area contributed by atoms with E-state index in [1.165, 1.54) is 0 Å². The van der Waals surface area contributed by atoms with Gasteiger partial charge in [0.2, 0.25) is 17.5 Å². The van der Waals surface area contributed by atoms with Crippen LogP contribution in [0.25, 0.3) is 11.6 Å². The van der Waals surface area contributed by atoms with Gasteiger partial charge in [0.15, 0.2) is 0 Å². The minimum absolute atomic E-state index is 0.188. The summed E-state index contributed by atoms with van der Waals surface area (Å²) in [6, 6.07) is 0. The van der Waals surface area contributed by atoms with E-state index >= 15 is 0 Å². The molecule has 6 heteroatoms. The van der Waals surface area contributed by atoms with E-state index in [2.05, 4.69) is 20.1 Å². The summed E-state index contributed by atoms with van der Waals surface area (Å²) in [6.45, 7) is 7.64. The lowest BCUT2D eigenvalue weighted by Gasteiger charge is -2.19. The molecular formula is C13H18N4O2. The van der Waals surface area contributed by atoms with Crippen LogP contribution in [0.3, 0.4) is 0 Å². The van der Waals surface area contributed by atoms with Crippen LogP contribution in [-0.2, 0) is 0 Å². The molecule has 0 spiro atoms. The molecule has 2 unspecified atom stereocenters. The highest BCUT2D eigenvalue weighted by Crippen LogP contribution is 2.27. The number of aliphatic hydroxyl groups is 1. The van der Waals surface area contributed by atoms with Crippen LogP contribution in [-0.4, -0.2) is 31.3 Å². The minimum atomic E-state index is -0.549. The van der Waals surface area contributed by atoms with E-state index in [1.54, 1.807) is 19.3 Å². The highest BCUT2D eigenvalue weighted by Gasteiger charge is 2.27. The Kier molecular flexibility index (Phi) is 3.90. The fourth-order valence-corrected chi connectivity index (χ4v) is 2.02. The number of nitrogens with zero attached hydrogens (tertiary/aromatic N) is 4. The lowest BCUT2D eigenvalue weighted by atomic mass is 9.91. The third-order valence-corrected chi connectivity index (χ3v) is 2.95. The summed E-state index contributed by atoms with van der Waals surface area (Å²) in [7, 11) is 0. The molecule has 0 radical (unpaired) electrons. The first-order valence-electron chi connectivity index (χ1n) is 6.29. The average molecular weight is 262 g/mol. The van der Waals surface area contributed by atoms with Crippen LogP contribution in [0, 0.1) is 12.8 Å². The van der Waals surface area contributed by atoms with E-state index in [-0.39, 0.29) is 11.8 Å². The summed E-state index contributed by atoms with van der Waals surface area (Å²) in [5.41, 5.74) is 0.969. The standard InChI is InChI=1S/C13H18N4O2/c1-7(2)10(9(4)18)13-16-12(17-19-13)11-14-5-8(3)6-15-11/h5-7,9-10,18H,1-4H3. The van der Waals surface area contributed by atoms with Crippen molar-refractivity contribution in [1.29, 1.82) is 0 Å². The summed E-state index contributed by atoms with van der Waals surface area (Å²) in [6.07, 6.45) is 2.85. The van der Waals surface area contributed by atoms with Crippen LogP contribution in [0.15, 0.2) is 16.9 Å². The van der Waals surface area contributed by atoms with Crippen molar-refractivity contribution in [3.63, 3.8) is 0 Å². The van der Waals surface area contributed by atoms with E-state index in [0.29, 0.717) is 17.5 Å². The van der Waals surface area contributed by atoms with Crippen LogP contribution in [0.5, 0.6) is 0 Å². The Bertz CT molecular complexity index is 526. The molecule has 0 aliphatic rings. The van der Waals surface area contributed by atoms with E-state index in [0.717, 1.165) is 5.56 Å². The Morgan fingerprint density at radius 3 is 2.26 bits per heavy atom. The normalized spacial score (nSPS) is 14.6. The molecule has 102 valence electrons. The lowest BCUT2D eigenvalue weighted by Crippen LogP contribution is -2.20. The second-order valence-corrected chi connectivity index (χ2v) is 5.05. The highest BCUT2D eigenvalue weighted by atomic mass is 16.5. The maximum absolute atomic E-state index is 9.79. The molecular weight excluding hydrogens is 244 g/mol. The molecule has 2 aromatic rings. The number of aromatic nitrogens is 4. The van der Waals surface area contributed by atoms with Crippen molar-refractivity contribution in [2.45, 2.75) is 39.7 Å². The van der Waals surface area contributed by atoms with Gasteiger partial charge >= 0.3 is 0 Å². The highest BCUT2D eigenvalue weighted by molar-refractivity contribution is 5.41. The molecule has 0 fully saturated rings. The van der Waals surface area contributed by atoms with Gasteiger partial charge in [-0.1, -0.05) is 19.0 Å². The minimum Gasteiger partial charge on any atom is -0.393 e. The molecule has 0 bridgehead atoms. The molecule has 2 aromatic heterocycles. The Morgan fingerprint density at radius 2 is 1.74 bits per heavy atom. The van der Waals surface area contributed by atoms with Crippen molar-refractivity contribution < 1.29 is 9.63 Å². The largest absolute Gasteiger partial charge is 0.393 e. The zero-order valence-electron chi connectivity index (χ0n) is 11.5. The zero-order chi connectivity index (χ0) is 14.0. The van der Waals surface area contributed by atoms with Gasteiger partial charge in [0.1, 0.15) is 0 Å². The number of hydrogen-bond acceptors (Lipinski definition) is 6. The van der Waals surface area contributed by atoms with Crippen LogP contribution >= 0.6 is 0 Å². The predicted molar refractivity (Wildman–Crippen MR) is 69.3 cm³/mol. The molecule has 0 saturated carbocycles. The van der Waals surface area contributed by atoms with Gasteiger partial charge in [-0.15, -0.1) is 0 Å². The molecule has 2 heterocycles. The van der Waals surface area contributed by atoms with Gasteiger partial charge in [0.25, 0.3) is 0 Å². The smallest absolute Gasteiger partial charge is 0.240 e. The van der Waals surface area contributed by atoms with Gasteiger partial charge in [-0.25, -0.2) is 9.97 Å². The Labute approximate surface area is 111 Å².